The minimum Gasteiger partial charge on any atom is -0.267 e. The largest absolute Gasteiger partial charge is 0.282 e. The van der Waals surface area contributed by atoms with Crippen LogP contribution in [-0.2, 0) is 0 Å². The topological polar surface area (TPSA) is 55.6 Å². The standard InChI is InChI=1S/C11H11FN3OS/c1-2-9-14-15-11(17-9)13-10(16)7-5-3-4-6-8(7)12/h3-6,9,14H,2H2,1H3. The summed E-state index contributed by atoms with van der Waals surface area (Å²) in [6.07, 6.45) is 0.876. The number of rotatable bonds is 2. The van der Waals surface area contributed by atoms with Crippen LogP contribution in [0.4, 0.5) is 4.39 Å². The fraction of sp³-hybridized carbons (Fsp3) is 0.273. The number of carbonyl (C=O) groups excluding carboxylic acids is 1. The third-order valence-corrected chi connectivity index (χ3v) is 3.34. The lowest BCUT2D eigenvalue weighted by Crippen LogP contribution is -2.24. The van der Waals surface area contributed by atoms with Crippen molar-refractivity contribution in [2.45, 2.75) is 18.7 Å². The fourth-order valence-corrected chi connectivity index (χ4v) is 2.08. The number of halogens is 1. The Morgan fingerprint density at radius 2 is 2.35 bits per heavy atom. The average Bonchev–Trinajstić information content (AvgIpc) is 2.77. The fourth-order valence-electron chi connectivity index (χ4n) is 1.31. The van der Waals surface area contributed by atoms with E-state index in [0.717, 1.165) is 6.42 Å². The van der Waals surface area contributed by atoms with Crippen LogP contribution in [0.15, 0.2) is 29.3 Å². The first-order valence-corrected chi connectivity index (χ1v) is 6.09. The molecule has 17 heavy (non-hydrogen) atoms. The van der Waals surface area contributed by atoms with E-state index in [1.54, 1.807) is 6.07 Å². The Kier molecular flexibility index (Phi) is 3.75. The first-order valence-electron chi connectivity index (χ1n) is 5.21. The first kappa shape index (κ1) is 12.1. The third kappa shape index (κ3) is 2.83. The Morgan fingerprint density at radius 1 is 1.59 bits per heavy atom. The molecule has 1 fully saturated rings. The van der Waals surface area contributed by atoms with Gasteiger partial charge in [-0.3, -0.25) is 4.79 Å². The number of thioether (sulfide) groups is 1. The van der Waals surface area contributed by atoms with Crippen LogP contribution < -0.4 is 10.9 Å². The monoisotopic (exact) mass is 252 g/mol. The Bertz CT molecular complexity index is 464. The number of amidine groups is 1. The maximum absolute atomic E-state index is 13.3. The Labute approximate surface area is 103 Å². The number of nitrogens with zero attached hydrogens (tertiary/aromatic N) is 2. The summed E-state index contributed by atoms with van der Waals surface area (Å²) in [6, 6.07) is 5.77. The zero-order valence-corrected chi connectivity index (χ0v) is 10.00. The van der Waals surface area contributed by atoms with Gasteiger partial charge in [0.15, 0.2) is 0 Å². The lowest BCUT2D eigenvalue weighted by Gasteiger charge is -1.98. The Morgan fingerprint density at radius 3 is 3.00 bits per heavy atom. The summed E-state index contributed by atoms with van der Waals surface area (Å²) < 4.78 is 13.3. The number of nitrogens with one attached hydrogen (secondary N) is 1. The molecule has 1 aromatic rings. The van der Waals surface area contributed by atoms with Crippen molar-refractivity contribution in [2.75, 3.05) is 0 Å². The minimum atomic E-state index is -0.604. The van der Waals surface area contributed by atoms with Gasteiger partial charge in [0, 0.05) is 0 Å². The van der Waals surface area contributed by atoms with E-state index in [1.807, 2.05) is 6.92 Å². The zero-order chi connectivity index (χ0) is 12.3. The van der Waals surface area contributed by atoms with E-state index in [9.17, 15) is 9.18 Å². The van der Waals surface area contributed by atoms with E-state index in [0.29, 0.717) is 5.17 Å². The third-order valence-electron chi connectivity index (χ3n) is 2.22. The van der Waals surface area contributed by atoms with E-state index < -0.39 is 11.7 Å². The lowest BCUT2D eigenvalue weighted by molar-refractivity contribution is 0.0999. The van der Waals surface area contributed by atoms with Crippen LogP contribution in [0, 0.1) is 5.82 Å². The van der Waals surface area contributed by atoms with Crippen molar-refractivity contribution in [3.05, 3.63) is 35.6 Å². The molecule has 1 aliphatic rings. The summed E-state index contributed by atoms with van der Waals surface area (Å²) in [4.78, 5) is 15.5. The molecule has 1 atom stereocenters. The van der Waals surface area contributed by atoms with Gasteiger partial charge in [0.25, 0.3) is 5.91 Å². The molecular weight excluding hydrogens is 241 g/mol. The highest BCUT2D eigenvalue weighted by atomic mass is 32.2. The smallest absolute Gasteiger partial charge is 0.267 e. The van der Waals surface area contributed by atoms with Crippen molar-refractivity contribution in [1.29, 1.82) is 0 Å². The molecule has 0 bridgehead atoms. The number of aliphatic imine (C=N–C) groups is 1. The van der Waals surface area contributed by atoms with Gasteiger partial charge in [-0.25, -0.2) is 4.39 Å². The summed E-state index contributed by atoms with van der Waals surface area (Å²) in [6.45, 7) is 2.00. The van der Waals surface area contributed by atoms with Gasteiger partial charge in [-0.15, -0.1) is 0 Å². The Balaban J connectivity index is 2.12. The first-order chi connectivity index (χ1) is 8.20. The molecule has 6 heteroatoms. The molecule has 2 rings (SSSR count). The van der Waals surface area contributed by atoms with Gasteiger partial charge in [0.05, 0.1) is 10.9 Å². The molecule has 1 unspecified atom stereocenters. The summed E-state index contributed by atoms with van der Waals surface area (Å²) in [5.41, 5.74) is 6.71. The van der Waals surface area contributed by atoms with E-state index >= 15 is 0 Å². The highest BCUT2D eigenvalue weighted by Gasteiger charge is 2.22. The molecule has 1 radical (unpaired) electrons. The van der Waals surface area contributed by atoms with E-state index in [2.05, 4.69) is 15.8 Å². The van der Waals surface area contributed by atoms with Crippen molar-refractivity contribution < 1.29 is 9.18 Å². The highest BCUT2D eigenvalue weighted by Crippen LogP contribution is 2.19. The molecule has 1 amide bonds. The minimum absolute atomic E-state index is 0.0317. The molecule has 1 N–H and O–H groups in total. The number of hydrogen-bond acceptors (Lipinski definition) is 3. The van der Waals surface area contributed by atoms with Crippen molar-refractivity contribution in [2.24, 2.45) is 4.99 Å². The predicted octanol–water partition coefficient (Wildman–Crippen LogP) is 1.91. The summed E-state index contributed by atoms with van der Waals surface area (Å²) in [5, 5.41) is 0.493. The SMILES string of the molecule is CCC1N[N]C(=NC(=O)c2ccccc2F)S1. The van der Waals surface area contributed by atoms with Gasteiger partial charge in [0.2, 0.25) is 5.17 Å². The van der Waals surface area contributed by atoms with Crippen LogP contribution in [0.25, 0.3) is 0 Å². The van der Waals surface area contributed by atoms with Crippen LogP contribution in [0.2, 0.25) is 0 Å². The van der Waals surface area contributed by atoms with E-state index in [-0.39, 0.29) is 10.9 Å². The molecule has 0 saturated carbocycles. The number of hydrogen-bond donors (Lipinski definition) is 1. The lowest BCUT2D eigenvalue weighted by atomic mass is 10.2. The zero-order valence-electron chi connectivity index (χ0n) is 9.18. The normalized spacial score (nSPS) is 21.5. The Hall–Kier alpha value is -1.40. The van der Waals surface area contributed by atoms with Crippen LogP contribution in [0.1, 0.15) is 23.7 Å². The van der Waals surface area contributed by atoms with Gasteiger partial charge in [-0.2, -0.15) is 15.8 Å². The molecule has 1 heterocycles. The van der Waals surface area contributed by atoms with E-state index in [4.69, 9.17) is 0 Å². The maximum atomic E-state index is 13.3. The predicted molar refractivity (Wildman–Crippen MR) is 65.1 cm³/mol. The van der Waals surface area contributed by atoms with Crippen molar-refractivity contribution in [3.63, 3.8) is 0 Å². The molecule has 0 spiro atoms. The highest BCUT2D eigenvalue weighted by molar-refractivity contribution is 8.14. The van der Waals surface area contributed by atoms with Crippen molar-refractivity contribution >= 4 is 22.8 Å². The second-order valence-electron chi connectivity index (χ2n) is 3.44. The van der Waals surface area contributed by atoms with Crippen molar-refractivity contribution in [3.8, 4) is 0 Å². The average molecular weight is 252 g/mol. The molecule has 1 saturated heterocycles. The maximum Gasteiger partial charge on any atom is 0.282 e. The quantitative estimate of drug-likeness (QED) is 0.874. The number of amides is 1. The second-order valence-corrected chi connectivity index (χ2v) is 4.60. The van der Waals surface area contributed by atoms with Gasteiger partial charge < -0.3 is 0 Å². The molecule has 89 valence electrons. The van der Waals surface area contributed by atoms with E-state index in [1.165, 1.54) is 30.0 Å². The molecule has 4 nitrogen and oxygen atoms in total. The van der Waals surface area contributed by atoms with Gasteiger partial charge >= 0.3 is 0 Å². The molecule has 0 aliphatic carbocycles. The van der Waals surface area contributed by atoms with Crippen LogP contribution in [-0.4, -0.2) is 16.4 Å². The van der Waals surface area contributed by atoms with Crippen LogP contribution >= 0.6 is 11.8 Å². The molecule has 0 aromatic heterocycles. The molecular formula is C11H11FN3OS. The number of benzene rings is 1. The second kappa shape index (κ2) is 5.29. The van der Waals surface area contributed by atoms with Gasteiger partial charge in [-0.05, 0) is 18.6 Å². The molecule has 1 aromatic carbocycles. The van der Waals surface area contributed by atoms with Gasteiger partial charge in [0.1, 0.15) is 5.82 Å². The number of carbonyl (C=O) groups is 1. The summed E-state index contributed by atoms with van der Waals surface area (Å²) >= 11 is 1.37. The van der Waals surface area contributed by atoms with Crippen molar-refractivity contribution in [1.82, 2.24) is 10.9 Å². The van der Waals surface area contributed by atoms with Gasteiger partial charge in [-0.1, -0.05) is 30.8 Å². The summed E-state index contributed by atoms with van der Waals surface area (Å²) in [7, 11) is 0. The summed E-state index contributed by atoms with van der Waals surface area (Å²) in [5.74, 6) is -1.17. The molecule has 1 aliphatic heterocycles. The van der Waals surface area contributed by atoms with Crippen LogP contribution in [0.3, 0.4) is 0 Å². The van der Waals surface area contributed by atoms with Crippen LogP contribution in [0.5, 0.6) is 0 Å².